The Kier molecular flexibility index (Phi) is 6.43. The summed E-state index contributed by atoms with van der Waals surface area (Å²) in [6, 6.07) is 11.4. The lowest BCUT2D eigenvalue weighted by Crippen LogP contribution is -2.41. The van der Waals surface area contributed by atoms with E-state index in [1.807, 2.05) is 13.0 Å². The average Bonchev–Trinajstić information content (AvgIpc) is 3.32. The van der Waals surface area contributed by atoms with Crippen LogP contribution in [0.1, 0.15) is 25.0 Å². The van der Waals surface area contributed by atoms with Crippen LogP contribution in [0.25, 0.3) is 21.3 Å². The van der Waals surface area contributed by atoms with E-state index in [0.29, 0.717) is 22.8 Å². The summed E-state index contributed by atoms with van der Waals surface area (Å²) in [7, 11) is 0. The van der Waals surface area contributed by atoms with Gasteiger partial charge < -0.3 is 9.32 Å². The number of oxazole rings is 1. The van der Waals surface area contributed by atoms with Crippen molar-refractivity contribution in [3.8, 4) is 0 Å². The predicted molar refractivity (Wildman–Crippen MR) is 130 cm³/mol. The van der Waals surface area contributed by atoms with Crippen molar-refractivity contribution in [2.24, 2.45) is 0 Å². The second-order valence-corrected chi connectivity index (χ2v) is 8.93. The Bertz CT molecular complexity index is 1320. The zero-order valence-corrected chi connectivity index (χ0v) is 19.7. The van der Waals surface area contributed by atoms with E-state index in [4.69, 9.17) is 9.40 Å². The summed E-state index contributed by atoms with van der Waals surface area (Å²) in [6.07, 6.45) is 0. The number of aryl methyl sites for hydroxylation is 2. The van der Waals surface area contributed by atoms with Crippen LogP contribution in [0.2, 0.25) is 0 Å². The fourth-order valence-corrected chi connectivity index (χ4v) is 5.15. The number of anilines is 1. The van der Waals surface area contributed by atoms with Crippen LogP contribution in [0.5, 0.6) is 0 Å². The van der Waals surface area contributed by atoms with E-state index in [0.717, 1.165) is 35.4 Å². The number of hydrogen-bond acceptors (Lipinski definition) is 6. The Balaban J connectivity index is 1.70. The van der Waals surface area contributed by atoms with E-state index >= 15 is 0 Å². The Hall–Kier alpha value is -2.97. The van der Waals surface area contributed by atoms with Gasteiger partial charge in [0, 0.05) is 13.1 Å². The van der Waals surface area contributed by atoms with Crippen LogP contribution in [-0.2, 0) is 11.3 Å². The van der Waals surface area contributed by atoms with Crippen molar-refractivity contribution in [3.63, 3.8) is 0 Å². The van der Waals surface area contributed by atoms with Gasteiger partial charge in [0.25, 0.3) is 0 Å². The molecule has 2 aromatic heterocycles. The molecule has 0 spiro atoms. The molecule has 0 aliphatic heterocycles. The lowest BCUT2D eigenvalue weighted by atomic mass is 10.1. The molecule has 0 saturated heterocycles. The van der Waals surface area contributed by atoms with Gasteiger partial charge in [-0.3, -0.25) is 14.3 Å². The van der Waals surface area contributed by atoms with Gasteiger partial charge in [-0.25, -0.2) is 9.78 Å². The summed E-state index contributed by atoms with van der Waals surface area (Å²) in [5.41, 5.74) is 4.27. The fraction of sp³-hybridized carbons (Fsp3) is 0.375. The van der Waals surface area contributed by atoms with E-state index in [1.165, 1.54) is 21.5 Å². The van der Waals surface area contributed by atoms with E-state index in [9.17, 15) is 9.59 Å². The number of aromatic nitrogens is 2. The van der Waals surface area contributed by atoms with Gasteiger partial charge in [0.15, 0.2) is 10.7 Å². The third kappa shape index (κ3) is 4.33. The molecule has 2 heterocycles. The smallest absolute Gasteiger partial charge is 0.408 e. The highest BCUT2D eigenvalue weighted by Gasteiger charge is 2.23. The van der Waals surface area contributed by atoms with Gasteiger partial charge in [0.2, 0.25) is 5.91 Å². The third-order valence-electron chi connectivity index (χ3n) is 5.75. The maximum atomic E-state index is 13.5. The van der Waals surface area contributed by atoms with Crippen LogP contribution >= 0.6 is 11.3 Å². The molecular formula is C24H28N4O3S. The molecule has 0 bridgehead atoms. The minimum Gasteiger partial charge on any atom is -0.408 e. The molecular weight excluding hydrogens is 424 g/mol. The normalized spacial score (nSPS) is 11.7. The molecule has 0 aliphatic rings. The first-order valence-corrected chi connectivity index (χ1v) is 11.7. The number of carbonyl (C=O) groups excluding carboxylic acids is 1. The van der Waals surface area contributed by atoms with E-state index in [-0.39, 0.29) is 12.5 Å². The molecule has 168 valence electrons. The summed E-state index contributed by atoms with van der Waals surface area (Å²) in [5.74, 6) is -0.710. The highest BCUT2D eigenvalue weighted by Crippen LogP contribution is 2.32. The molecule has 4 aromatic rings. The maximum absolute atomic E-state index is 13.5. The van der Waals surface area contributed by atoms with Crippen molar-refractivity contribution < 1.29 is 9.21 Å². The van der Waals surface area contributed by atoms with Gasteiger partial charge >= 0.3 is 5.76 Å². The molecule has 1 amide bonds. The van der Waals surface area contributed by atoms with Gasteiger partial charge in [-0.2, -0.15) is 0 Å². The number of rotatable bonds is 8. The second-order valence-electron chi connectivity index (χ2n) is 7.92. The molecule has 0 fully saturated rings. The minimum absolute atomic E-state index is 0.0952. The molecule has 0 saturated carbocycles. The van der Waals surface area contributed by atoms with E-state index < -0.39 is 5.76 Å². The topological polar surface area (TPSA) is 71.6 Å². The van der Waals surface area contributed by atoms with Crippen molar-refractivity contribution in [3.05, 3.63) is 58.1 Å². The number of hydrogen-bond donors (Lipinski definition) is 0. The molecule has 2 aromatic carbocycles. The highest BCUT2D eigenvalue weighted by molar-refractivity contribution is 7.22. The van der Waals surface area contributed by atoms with Crippen LogP contribution in [0, 0.1) is 13.8 Å². The predicted octanol–water partition coefficient (Wildman–Crippen LogP) is 4.20. The average molecular weight is 453 g/mol. The first kappa shape index (κ1) is 22.2. The number of nitrogens with zero attached hydrogens (tertiary/aromatic N) is 4. The monoisotopic (exact) mass is 452 g/mol. The Morgan fingerprint density at radius 2 is 1.88 bits per heavy atom. The zero-order valence-electron chi connectivity index (χ0n) is 18.9. The summed E-state index contributed by atoms with van der Waals surface area (Å²) in [6.45, 7) is 11.3. The zero-order chi connectivity index (χ0) is 22.8. The first-order chi connectivity index (χ1) is 15.4. The molecule has 0 unspecified atom stereocenters. The van der Waals surface area contributed by atoms with Gasteiger partial charge in [0.05, 0.1) is 15.7 Å². The number of carbonyl (C=O) groups is 1. The summed E-state index contributed by atoms with van der Waals surface area (Å²) >= 11 is 1.51. The van der Waals surface area contributed by atoms with Gasteiger partial charge in [0.1, 0.15) is 6.54 Å². The third-order valence-corrected chi connectivity index (χ3v) is 6.78. The van der Waals surface area contributed by atoms with Crippen molar-refractivity contribution in [2.45, 2.75) is 34.2 Å². The van der Waals surface area contributed by atoms with Crippen LogP contribution in [0.3, 0.4) is 0 Å². The molecule has 8 heteroatoms. The molecule has 7 nitrogen and oxygen atoms in total. The minimum atomic E-state index is -0.529. The Labute approximate surface area is 190 Å². The molecule has 32 heavy (non-hydrogen) atoms. The summed E-state index contributed by atoms with van der Waals surface area (Å²) < 4.78 is 7.76. The summed E-state index contributed by atoms with van der Waals surface area (Å²) in [5, 5.41) is 0.659. The largest absolute Gasteiger partial charge is 0.420 e. The standard InChI is InChI=1S/C24H28N4O3S/c1-5-26(6-2)11-12-27(23-25-22-17(4)13-16(3)14-20(22)32-23)21(29)15-28-18-9-7-8-10-19(18)31-24(28)30/h7-10,13-14H,5-6,11-12,15H2,1-4H3. The quantitative estimate of drug-likeness (QED) is 0.401. The maximum Gasteiger partial charge on any atom is 0.420 e. The number of likely N-dealkylation sites (N-methyl/N-ethyl adjacent to an activating group) is 1. The molecule has 0 aliphatic carbocycles. The van der Waals surface area contributed by atoms with Crippen molar-refractivity contribution in [1.82, 2.24) is 14.5 Å². The number of para-hydroxylation sites is 2. The van der Waals surface area contributed by atoms with Crippen molar-refractivity contribution >= 4 is 43.7 Å². The fourth-order valence-electron chi connectivity index (χ4n) is 3.97. The summed E-state index contributed by atoms with van der Waals surface area (Å²) in [4.78, 5) is 34.7. The Morgan fingerprint density at radius 1 is 1.12 bits per heavy atom. The number of amides is 1. The first-order valence-electron chi connectivity index (χ1n) is 10.9. The molecule has 0 N–H and O–H groups in total. The van der Waals surface area contributed by atoms with Crippen LogP contribution < -0.4 is 10.7 Å². The van der Waals surface area contributed by atoms with Crippen molar-refractivity contribution in [2.75, 3.05) is 31.1 Å². The SMILES string of the molecule is CCN(CC)CCN(C(=O)Cn1c(=O)oc2ccccc21)c1nc2c(C)cc(C)cc2s1. The van der Waals surface area contributed by atoms with Gasteiger partial charge in [-0.05, 0) is 56.3 Å². The molecule has 4 rings (SSSR count). The van der Waals surface area contributed by atoms with E-state index in [1.54, 1.807) is 23.1 Å². The van der Waals surface area contributed by atoms with Gasteiger partial charge in [-0.15, -0.1) is 0 Å². The van der Waals surface area contributed by atoms with Crippen molar-refractivity contribution in [1.29, 1.82) is 0 Å². The second kappa shape index (κ2) is 9.26. The molecule has 0 radical (unpaired) electrons. The van der Waals surface area contributed by atoms with Gasteiger partial charge in [-0.1, -0.05) is 43.4 Å². The number of thiazole rings is 1. The van der Waals surface area contributed by atoms with E-state index in [2.05, 4.69) is 37.8 Å². The molecule has 0 atom stereocenters. The lowest BCUT2D eigenvalue weighted by Gasteiger charge is -2.24. The van der Waals surface area contributed by atoms with Crippen LogP contribution in [-0.4, -0.2) is 46.5 Å². The Morgan fingerprint density at radius 3 is 2.62 bits per heavy atom. The lowest BCUT2D eigenvalue weighted by molar-refractivity contribution is -0.119. The number of fused-ring (bicyclic) bond motifs is 2. The highest BCUT2D eigenvalue weighted by atomic mass is 32.1. The van der Waals surface area contributed by atoms with Crippen LogP contribution in [0.15, 0.2) is 45.6 Å². The van der Waals surface area contributed by atoms with Crippen LogP contribution in [0.4, 0.5) is 5.13 Å². The number of benzene rings is 2.